The maximum atomic E-state index is 11.2. The first-order valence-corrected chi connectivity index (χ1v) is 4.41. The number of carbonyl (C=O) groups is 1. The average molecular weight is 176 g/mol. The summed E-state index contributed by atoms with van der Waals surface area (Å²) in [7, 11) is 0. The van der Waals surface area contributed by atoms with Crippen LogP contribution in [0.2, 0.25) is 0 Å². The molecule has 0 saturated heterocycles. The fourth-order valence-electron chi connectivity index (χ4n) is 1.58. The topological polar surface area (TPSA) is 41.1 Å². The Morgan fingerprint density at radius 1 is 1.38 bits per heavy atom. The first-order valence-electron chi connectivity index (χ1n) is 4.41. The number of anilines is 1. The van der Waals surface area contributed by atoms with E-state index >= 15 is 0 Å². The molecule has 1 aromatic rings. The number of fused-ring (bicyclic) bond motifs is 1. The lowest BCUT2D eigenvalue weighted by molar-refractivity contribution is 0.250. The Bertz CT molecular complexity index is 335. The lowest BCUT2D eigenvalue weighted by Gasteiger charge is -2.07. The highest BCUT2D eigenvalue weighted by molar-refractivity contribution is 5.91. The maximum Gasteiger partial charge on any atom is 0.319 e. The highest BCUT2D eigenvalue weighted by Gasteiger charge is 2.15. The summed E-state index contributed by atoms with van der Waals surface area (Å²) < 4.78 is 0. The summed E-state index contributed by atoms with van der Waals surface area (Å²) in [6, 6.07) is 7.96. The van der Waals surface area contributed by atoms with Crippen LogP contribution in [0.4, 0.5) is 10.5 Å². The van der Waals surface area contributed by atoms with Crippen molar-refractivity contribution in [2.45, 2.75) is 19.4 Å². The normalized spacial score (nSPS) is 21.0. The van der Waals surface area contributed by atoms with Crippen molar-refractivity contribution >= 4 is 11.7 Å². The van der Waals surface area contributed by atoms with Crippen LogP contribution in [0.15, 0.2) is 24.3 Å². The van der Waals surface area contributed by atoms with Gasteiger partial charge in [-0.15, -0.1) is 0 Å². The van der Waals surface area contributed by atoms with E-state index in [0.717, 1.165) is 12.1 Å². The van der Waals surface area contributed by atoms with Gasteiger partial charge < -0.3 is 10.6 Å². The van der Waals surface area contributed by atoms with Crippen molar-refractivity contribution in [3.8, 4) is 0 Å². The minimum absolute atomic E-state index is 0.113. The number of carbonyl (C=O) groups excluding carboxylic acids is 1. The summed E-state index contributed by atoms with van der Waals surface area (Å²) in [6.07, 6.45) is 0.884. The smallest absolute Gasteiger partial charge is 0.319 e. The van der Waals surface area contributed by atoms with Crippen molar-refractivity contribution in [3.05, 3.63) is 29.8 Å². The molecule has 13 heavy (non-hydrogen) atoms. The SMILES string of the molecule is CC1Cc2ccccc2NC(=O)N1. The molecular weight excluding hydrogens is 164 g/mol. The zero-order valence-electron chi connectivity index (χ0n) is 7.50. The molecule has 3 nitrogen and oxygen atoms in total. The molecule has 3 heteroatoms. The van der Waals surface area contributed by atoms with Gasteiger partial charge in [-0.05, 0) is 25.0 Å². The molecule has 1 heterocycles. The molecule has 1 aliphatic rings. The summed E-state index contributed by atoms with van der Waals surface area (Å²) in [4.78, 5) is 11.2. The zero-order chi connectivity index (χ0) is 9.26. The van der Waals surface area contributed by atoms with Crippen molar-refractivity contribution in [1.29, 1.82) is 0 Å². The summed E-state index contributed by atoms with van der Waals surface area (Å²) in [5.41, 5.74) is 2.11. The van der Waals surface area contributed by atoms with Crippen LogP contribution in [0.1, 0.15) is 12.5 Å². The summed E-state index contributed by atoms with van der Waals surface area (Å²) in [5.74, 6) is 0. The molecule has 1 aromatic carbocycles. The molecule has 0 spiro atoms. The van der Waals surface area contributed by atoms with Gasteiger partial charge in [-0.1, -0.05) is 18.2 Å². The molecule has 68 valence electrons. The summed E-state index contributed by atoms with van der Waals surface area (Å²) >= 11 is 0. The molecule has 0 aliphatic carbocycles. The zero-order valence-corrected chi connectivity index (χ0v) is 7.50. The third kappa shape index (κ3) is 1.64. The minimum atomic E-state index is -0.113. The molecule has 1 unspecified atom stereocenters. The van der Waals surface area contributed by atoms with Crippen molar-refractivity contribution in [2.75, 3.05) is 5.32 Å². The lowest BCUT2D eigenvalue weighted by atomic mass is 10.1. The Morgan fingerprint density at radius 3 is 3.00 bits per heavy atom. The molecule has 0 aromatic heterocycles. The molecule has 2 amide bonds. The van der Waals surface area contributed by atoms with E-state index in [4.69, 9.17) is 0 Å². The van der Waals surface area contributed by atoms with Gasteiger partial charge in [-0.3, -0.25) is 0 Å². The molecule has 0 fully saturated rings. The number of hydrogen-bond acceptors (Lipinski definition) is 1. The van der Waals surface area contributed by atoms with E-state index in [1.807, 2.05) is 31.2 Å². The van der Waals surface area contributed by atoms with E-state index in [9.17, 15) is 4.79 Å². The third-order valence-electron chi connectivity index (χ3n) is 2.17. The molecule has 1 atom stereocenters. The Hall–Kier alpha value is -1.51. The summed E-state index contributed by atoms with van der Waals surface area (Å²) in [5, 5.41) is 5.64. The quantitative estimate of drug-likeness (QED) is 0.621. The number of urea groups is 1. The van der Waals surface area contributed by atoms with E-state index in [-0.39, 0.29) is 12.1 Å². The van der Waals surface area contributed by atoms with Crippen molar-refractivity contribution in [1.82, 2.24) is 5.32 Å². The number of hydrogen-bond donors (Lipinski definition) is 2. The van der Waals surface area contributed by atoms with E-state index < -0.39 is 0 Å². The monoisotopic (exact) mass is 176 g/mol. The molecule has 1 aliphatic heterocycles. The largest absolute Gasteiger partial charge is 0.335 e. The number of amides is 2. The van der Waals surface area contributed by atoms with E-state index in [2.05, 4.69) is 10.6 Å². The minimum Gasteiger partial charge on any atom is -0.335 e. The number of nitrogens with one attached hydrogen (secondary N) is 2. The van der Waals surface area contributed by atoms with Gasteiger partial charge in [0, 0.05) is 11.7 Å². The fourth-order valence-corrected chi connectivity index (χ4v) is 1.58. The van der Waals surface area contributed by atoms with Gasteiger partial charge in [0.15, 0.2) is 0 Å². The predicted octanol–water partition coefficient (Wildman–Crippen LogP) is 1.75. The van der Waals surface area contributed by atoms with Gasteiger partial charge >= 0.3 is 6.03 Å². The Labute approximate surface area is 77.1 Å². The van der Waals surface area contributed by atoms with Crippen LogP contribution >= 0.6 is 0 Å². The first-order chi connectivity index (χ1) is 6.25. The second-order valence-corrected chi connectivity index (χ2v) is 3.36. The predicted molar refractivity (Wildman–Crippen MR) is 51.8 cm³/mol. The van der Waals surface area contributed by atoms with Crippen LogP contribution in [0, 0.1) is 0 Å². The molecule has 0 saturated carbocycles. The molecule has 2 rings (SSSR count). The molecule has 2 N–H and O–H groups in total. The van der Waals surface area contributed by atoms with Crippen molar-refractivity contribution in [2.24, 2.45) is 0 Å². The molecule has 0 radical (unpaired) electrons. The van der Waals surface area contributed by atoms with Gasteiger partial charge in [0.25, 0.3) is 0 Å². The van der Waals surface area contributed by atoms with Gasteiger partial charge in [0.05, 0.1) is 0 Å². The fraction of sp³-hybridized carbons (Fsp3) is 0.300. The van der Waals surface area contributed by atoms with Crippen LogP contribution in [0.5, 0.6) is 0 Å². The third-order valence-corrected chi connectivity index (χ3v) is 2.17. The van der Waals surface area contributed by atoms with E-state index in [1.165, 1.54) is 5.56 Å². The van der Waals surface area contributed by atoms with Gasteiger partial charge in [-0.2, -0.15) is 0 Å². The second-order valence-electron chi connectivity index (χ2n) is 3.36. The van der Waals surface area contributed by atoms with Crippen LogP contribution in [0.3, 0.4) is 0 Å². The van der Waals surface area contributed by atoms with Gasteiger partial charge in [-0.25, -0.2) is 4.79 Å². The number of benzene rings is 1. The molecular formula is C10H12N2O. The van der Waals surface area contributed by atoms with Crippen LogP contribution in [-0.4, -0.2) is 12.1 Å². The maximum absolute atomic E-state index is 11.2. The lowest BCUT2D eigenvalue weighted by Crippen LogP contribution is -2.34. The highest BCUT2D eigenvalue weighted by atomic mass is 16.2. The standard InChI is InChI=1S/C10H12N2O/c1-7-6-8-4-2-3-5-9(8)12-10(13)11-7/h2-5,7H,6H2,1H3,(H2,11,12,13). The van der Waals surface area contributed by atoms with Crippen LogP contribution < -0.4 is 10.6 Å². The van der Waals surface area contributed by atoms with Gasteiger partial charge in [0.1, 0.15) is 0 Å². The first kappa shape index (κ1) is 8.10. The Kier molecular flexibility index (Phi) is 1.93. The molecule has 0 bridgehead atoms. The number of para-hydroxylation sites is 1. The van der Waals surface area contributed by atoms with E-state index in [1.54, 1.807) is 0 Å². The van der Waals surface area contributed by atoms with Gasteiger partial charge in [0.2, 0.25) is 0 Å². The summed E-state index contributed by atoms with van der Waals surface area (Å²) in [6.45, 7) is 2.00. The Morgan fingerprint density at radius 2 is 2.15 bits per heavy atom. The van der Waals surface area contributed by atoms with Crippen molar-refractivity contribution < 1.29 is 4.79 Å². The second kappa shape index (κ2) is 3.09. The van der Waals surface area contributed by atoms with Crippen LogP contribution in [-0.2, 0) is 6.42 Å². The average Bonchev–Trinajstić information content (AvgIpc) is 2.20. The van der Waals surface area contributed by atoms with E-state index in [0.29, 0.717) is 0 Å². The Balaban J connectivity index is 2.38. The number of rotatable bonds is 0. The van der Waals surface area contributed by atoms with Crippen LogP contribution in [0.25, 0.3) is 0 Å². The highest BCUT2D eigenvalue weighted by Crippen LogP contribution is 2.18. The van der Waals surface area contributed by atoms with Crippen molar-refractivity contribution in [3.63, 3.8) is 0 Å².